The van der Waals surface area contributed by atoms with Gasteiger partial charge in [0.05, 0.1) is 5.60 Å². The summed E-state index contributed by atoms with van der Waals surface area (Å²) in [5.41, 5.74) is 0.964. The van der Waals surface area contributed by atoms with Gasteiger partial charge in [-0.05, 0) is 20.3 Å². The van der Waals surface area contributed by atoms with Gasteiger partial charge in [-0.1, -0.05) is 39.5 Å². The molecule has 0 fully saturated rings. The normalized spacial score (nSPS) is 13.6. The molecule has 1 N–H and O–H groups in total. The number of hydrogen-bond acceptors (Lipinski definition) is 1. The Morgan fingerprint density at radius 1 is 1.29 bits per heavy atom. The first-order valence-corrected chi connectivity index (χ1v) is 6.48. The van der Waals surface area contributed by atoms with Gasteiger partial charge < -0.3 is 5.11 Å². The first-order valence-electron chi connectivity index (χ1n) is 6.48. The quantitative estimate of drug-likeness (QED) is 0.579. The van der Waals surface area contributed by atoms with Crippen molar-refractivity contribution in [3.05, 3.63) is 23.8 Å². The van der Waals surface area contributed by atoms with Crippen molar-refractivity contribution < 1.29 is 26.8 Å². The van der Waals surface area contributed by atoms with Crippen molar-refractivity contribution in [1.29, 1.82) is 0 Å². The molecular formula is C15H27OTi-. The van der Waals surface area contributed by atoms with Crippen molar-refractivity contribution in [3.8, 4) is 0 Å². The van der Waals surface area contributed by atoms with Crippen LogP contribution in [0.25, 0.3) is 0 Å². The Labute approximate surface area is 122 Å². The van der Waals surface area contributed by atoms with Crippen LogP contribution in [0.5, 0.6) is 0 Å². The smallest absolute Gasteiger partial charge is 0.0591 e. The zero-order valence-corrected chi connectivity index (χ0v) is 13.4. The second-order valence-corrected chi connectivity index (χ2v) is 4.97. The average Bonchev–Trinajstić information content (AvgIpc) is 2.66. The molecule has 17 heavy (non-hydrogen) atoms. The Hall–Kier alpha value is 0.154. The summed E-state index contributed by atoms with van der Waals surface area (Å²) in [5.74, 6) is 0. The molecule has 0 heterocycles. The number of rotatable bonds is 5. The van der Waals surface area contributed by atoms with Crippen LogP contribution in [0, 0.1) is 6.08 Å². The maximum absolute atomic E-state index is 9.02. The average molecular weight is 271 g/mol. The number of allylic oxidation sites excluding steroid dienone is 4. The van der Waals surface area contributed by atoms with Crippen LogP contribution in [0.1, 0.15) is 66.2 Å². The Morgan fingerprint density at radius 3 is 2.24 bits per heavy atom. The van der Waals surface area contributed by atoms with Crippen LogP contribution in [-0.4, -0.2) is 10.7 Å². The zero-order valence-electron chi connectivity index (χ0n) is 11.8. The van der Waals surface area contributed by atoms with Gasteiger partial charge in [0, 0.05) is 21.7 Å². The van der Waals surface area contributed by atoms with Gasteiger partial charge in [-0.2, -0.15) is 6.08 Å². The Bertz CT molecular complexity index is 224. The molecule has 1 aliphatic rings. The summed E-state index contributed by atoms with van der Waals surface area (Å²) in [6, 6.07) is 0. The molecule has 0 spiro atoms. The van der Waals surface area contributed by atoms with Gasteiger partial charge in [0.25, 0.3) is 0 Å². The third kappa shape index (κ3) is 14.1. The van der Waals surface area contributed by atoms with Gasteiger partial charge in [0.2, 0.25) is 0 Å². The fraction of sp³-hybridized carbons (Fsp3) is 0.733. The van der Waals surface area contributed by atoms with E-state index in [4.69, 9.17) is 5.11 Å². The van der Waals surface area contributed by atoms with Crippen molar-refractivity contribution in [1.82, 2.24) is 0 Å². The predicted molar refractivity (Wildman–Crippen MR) is 71.2 cm³/mol. The van der Waals surface area contributed by atoms with Crippen LogP contribution >= 0.6 is 0 Å². The topological polar surface area (TPSA) is 20.2 Å². The molecule has 1 nitrogen and oxygen atoms in total. The SMILES string of the molecule is CCCC(C)(C)O.CCCCC1=[C-]CC=C1.[Ti]. The van der Waals surface area contributed by atoms with E-state index in [0.717, 1.165) is 19.3 Å². The van der Waals surface area contributed by atoms with E-state index in [0.29, 0.717) is 0 Å². The van der Waals surface area contributed by atoms with Crippen LogP contribution in [0.2, 0.25) is 0 Å². The molecule has 0 amide bonds. The predicted octanol–water partition coefficient (Wildman–Crippen LogP) is 4.42. The van der Waals surface area contributed by atoms with Crippen molar-refractivity contribution >= 4 is 0 Å². The molecule has 0 aromatic rings. The molecule has 0 aliphatic heterocycles. The van der Waals surface area contributed by atoms with Crippen molar-refractivity contribution in [2.45, 2.75) is 71.8 Å². The van der Waals surface area contributed by atoms with Gasteiger partial charge >= 0.3 is 0 Å². The van der Waals surface area contributed by atoms with Gasteiger partial charge in [-0.3, -0.25) is 6.08 Å². The second kappa shape index (κ2) is 11.3. The summed E-state index contributed by atoms with van der Waals surface area (Å²) in [4.78, 5) is 0. The minimum absolute atomic E-state index is 0. The molecule has 0 radical (unpaired) electrons. The third-order valence-electron chi connectivity index (χ3n) is 2.43. The van der Waals surface area contributed by atoms with Crippen LogP contribution in [0.3, 0.4) is 0 Å². The summed E-state index contributed by atoms with van der Waals surface area (Å²) in [5, 5.41) is 9.02. The van der Waals surface area contributed by atoms with E-state index in [2.05, 4.69) is 32.1 Å². The molecule has 1 aliphatic carbocycles. The largest absolute Gasteiger partial charge is 0.390 e. The summed E-state index contributed by atoms with van der Waals surface area (Å²) >= 11 is 0. The van der Waals surface area contributed by atoms with Gasteiger partial charge in [0.1, 0.15) is 0 Å². The monoisotopic (exact) mass is 271 g/mol. The molecule has 0 bridgehead atoms. The van der Waals surface area contributed by atoms with E-state index in [1.54, 1.807) is 0 Å². The molecule has 98 valence electrons. The van der Waals surface area contributed by atoms with Crippen molar-refractivity contribution in [3.63, 3.8) is 0 Å². The summed E-state index contributed by atoms with van der Waals surface area (Å²) in [7, 11) is 0. The maximum atomic E-state index is 9.02. The van der Waals surface area contributed by atoms with Gasteiger partial charge in [-0.25, -0.2) is 11.6 Å². The molecule has 2 heteroatoms. The van der Waals surface area contributed by atoms with Crippen LogP contribution in [-0.2, 0) is 21.7 Å². The van der Waals surface area contributed by atoms with Gasteiger partial charge in [0.15, 0.2) is 0 Å². The molecule has 0 aromatic carbocycles. The van der Waals surface area contributed by atoms with E-state index in [1.165, 1.54) is 24.8 Å². The summed E-state index contributed by atoms with van der Waals surface area (Å²) in [6.07, 6.45) is 14.5. The summed E-state index contributed by atoms with van der Waals surface area (Å²) in [6.45, 7) is 7.95. The number of aliphatic hydroxyl groups is 1. The van der Waals surface area contributed by atoms with Crippen LogP contribution < -0.4 is 0 Å². The number of unbranched alkanes of at least 4 members (excludes halogenated alkanes) is 1. The van der Waals surface area contributed by atoms with Crippen molar-refractivity contribution in [2.75, 3.05) is 0 Å². The maximum Gasteiger partial charge on any atom is 0.0591 e. The molecular weight excluding hydrogens is 244 g/mol. The third-order valence-corrected chi connectivity index (χ3v) is 2.43. The van der Waals surface area contributed by atoms with Crippen LogP contribution in [0.15, 0.2) is 17.7 Å². The fourth-order valence-corrected chi connectivity index (χ4v) is 1.60. The Balaban J connectivity index is 0. The van der Waals surface area contributed by atoms with E-state index in [-0.39, 0.29) is 21.7 Å². The van der Waals surface area contributed by atoms with E-state index in [1.807, 2.05) is 13.8 Å². The molecule has 0 saturated carbocycles. The zero-order chi connectivity index (χ0) is 12.4. The van der Waals surface area contributed by atoms with Crippen LogP contribution in [0.4, 0.5) is 0 Å². The molecule has 1 rings (SSSR count). The first-order chi connectivity index (χ1) is 7.49. The minimum atomic E-state index is -0.450. The standard InChI is InChI=1S/C9H13.C6H14O.Ti/c1-2-3-6-9-7-4-5-8-9;1-4-5-6(2,3)7;/h4,7H,2-3,5-6H2,1H3;7H,4-5H2,1-3H3;/q-1;;. The minimum Gasteiger partial charge on any atom is -0.390 e. The number of hydrogen-bond donors (Lipinski definition) is 1. The molecule has 0 aromatic heterocycles. The van der Waals surface area contributed by atoms with E-state index < -0.39 is 5.60 Å². The fourth-order valence-electron chi connectivity index (χ4n) is 1.60. The second-order valence-electron chi connectivity index (χ2n) is 4.97. The Morgan fingerprint density at radius 2 is 1.94 bits per heavy atom. The molecule has 0 unspecified atom stereocenters. The van der Waals surface area contributed by atoms with Gasteiger partial charge in [-0.15, -0.1) is 6.42 Å². The molecule has 0 saturated heterocycles. The Kier molecular flexibility index (Phi) is 12.9. The van der Waals surface area contributed by atoms with Crippen molar-refractivity contribution in [2.24, 2.45) is 0 Å². The molecule has 0 atom stereocenters. The first kappa shape index (κ1) is 19.5. The summed E-state index contributed by atoms with van der Waals surface area (Å²) < 4.78 is 0. The van der Waals surface area contributed by atoms with E-state index in [9.17, 15) is 0 Å². The van der Waals surface area contributed by atoms with E-state index >= 15 is 0 Å².